The van der Waals surface area contributed by atoms with Crippen molar-refractivity contribution in [3.05, 3.63) is 39.9 Å². The number of nitrogens with zero attached hydrogens (tertiary/aromatic N) is 4. The van der Waals surface area contributed by atoms with E-state index in [-0.39, 0.29) is 11.7 Å². The highest BCUT2D eigenvalue weighted by Gasteiger charge is 2.29. The lowest BCUT2D eigenvalue weighted by Crippen LogP contribution is -2.40. The lowest BCUT2D eigenvalue weighted by atomic mass is 9.97. The topological polar surface area (TPSA) is 88.3 Å². The molecular formula is C16H16Cl2N4O3. The number of aliphatic carboxylic acids is 1. The number of aryl methyl sites for hydroxylation is 1. The molecule has 1 aromatic heterocycles. The number of hydrogen-bond donors (Lipinski definition) is 1. The Kier molecular flexibility index (Phi) is 4.96. The number of likely N-dealkylation sites (tertiary alicyclic amines) is 1. The Labute approximate surface area is 154 Å². The number of carboxylic acid groups (broad SMARTS) is 1. The molecule has 1 aliphatic heterocycles. The van der Waals surface area contributed by atoms with Crippen LogP contribution in [0.3, 0.4) is 0 Å². The van der Waals surface area contributed by atoms with Crippen LogP contribution in [0, 0.1) is 12.8 Å². The van der Waals surface area contributed by atoms with E-state index >= 15 is 0 Å². The maximum atomic E-state index is 12.6. The number of hydrogen-bond acceptors (Lipinski definition) is 4. The number of carbonyl (C=O) groups excluding carboxylic acids is 1. The van der Waals surface area contributed by atoms with Gasteiger partial charge in [0.15, 0.2) is 0 Å². The molecule has 1 aromatic carbocycles. The first kappa shape index (κ1) is 17.7. The Balaban J connectivity index is 1.83. The van der Waals surface area contributed by atoms with Crippen LogP contribution in [-0.2, 0) is 4.79 Å². The summed E-state index contributed by atoms with van der Waals surface area (Å²) in [7, 11) is 0. The van der Waals surface area contributed by atoms with Gasteiger partial charge in [-0.3, -0.25) is 9.59 Å². The van der Waals surface area contributed by atoms with Gasteiger partial charge in [-0.1, -0.05) is 29.3 Å². The molecule has 0 aliphatic carbocycles. The maximum Gasteiger partial charge on any atom is 0.306 e. The average Bonchev–Trinajstić information content (AvgIpc) is 2.96. The molecule has 1 N–H and O–H groups in total. The predicted octanol–water partition coefficient (Wildman–Crippen LogP) is 2.82. The van der Waals surface area contributed by atoms with E-state index in [1.54, 1.807) is 30.0 Å². The molecule has 2 aromatic rings. The minimum Gasteiger partial charge on any atom is -0.481 e. The van der Waals surface area contributed by atoms with E-state index in [0.717, 1.165) is 0 Å². The number of aromatic nitrogens is 3. The van der Waals surface area contributed by atoms with Gasteiger partial charge in [-0.05, 0) is 31.9 Å². The Bertz CT molecular complexity index is 809. The summed E-state index contributed by atoms with van der Waals surface area (Å²) in [6.45, 7) is 2.45. The van der Waals surface area contributed by atoms with E-state index in [9.17, 15) is 9.59 Å². The molecule has 0 spiro atoms. The van der Waals surface area contributed by atoms with Crippen molar-refractivity contribution < 1.29 is 14.7 Å². The second kappa shape index (κ2) is 7.01. The first-order valence-corrected chi connectivity index (χ1v) is 8.54. The fraction of sp³-hybridized carbons (Fsp3) is 0.375. The van der Waals surface area contributed by atoms with Crippen LogP contribution in [0.1, 0.15) is 29.3 Å². The van der Waals surface area contributed by atoms with Crippen molar-refractivity contribution in [1.82, 2.24) is 19.7 Å². The van der Waals surface area contributed by atoms with Gasteiger partial charge in [-0.2, -0.15) is 0 Å². The smallest absolute Gasteiger partial charge is 0.306 e. The number of halogens is 2. The van der Waals surface area contributed by atoms with E-state index in [1.807, 2.05) is 0 Å². The second-order valence-electron chi connectivity index (χ2n) is 5.87. The average molecular weight is 383 g/mol. The highest BCUT2D eigenvalue weighted by molar-refractivity contribution is 6.37. The fourth-order valence-corrected chi connectivity index (χ4v) is 3.41. The number of rotatable bonds is 3. The number of piperidine rings is 1. The van der Waals surface area contributed by atoms with E-state index in [0.29, 0.717) is 47.5 Å². The third kappa shape index (κ3) is 3.48. The summed E-state index contributed by atoms with van der Waals surface area (Å²) in [6.07, 6.45) is 0.855. The summed E-state index contributed by atoms with van der Waals surface area (Å²) < 4.78 is 1.45. The van der Waals surface area contributed by atoms with Gasteiger partial charge in [0.1, 0.15) is 11.5 Å². The molecule has 9 heteroatoms. The lowest BCUT2D eigenvalue weighted by Gasteiger charge is -2.29. The first-order valence-electron chi connectivity index (χ1n) is 7.78. The largest absolute Gasteiger partial charge is 0.481 e. The third-order valence-electron chi connectivity index (χ3n) is 4.24. The van der Waals surface area contributed by atoms with Crippen LogP contribution in [0.2, 0.25) is 10.0 Å². The Hall–Kier alpha value is -2.12. The third-order valence-corrected chi connectivity index (χ3v) is 4.85. The van der Waals surface area contributed by atoms with Crippen LogP contribution in [0.5, 0.6) is 0 Å². The maximum absolute atomic E-state index is 12.6. The zero-order chi connectivity index (χ0) is 18.1. The molecule has 1 fully saturated rings. The first-order chi connectivity index (χ1) is 11.9. The van der Waals surface area contributed by atoms with Crippen molar-refractivity contribution in [2.24, 2.45) is 5.92 Å². The van der Waals surface area contributed by atoms with Gasteiger partial charge in [-0.15, -0.1) is 5.10 Å². The molecule has 3 rings (SSSR count). The van der Waals surface area contributed by atoms with Gasteiger partial charge in [-0.25, -0.2) is 9.67 Å². The molecule has 7 nitrogen and oxygen atoms in total. The summed E-state index contributed by atoms with van der Waals surface area (Å²) in [5.74, 6) is -1.02. The molecule has 0 unspecified atom stereocenters. The highest BCUT2D eigenvalue weighted by atomic mass is 35.5. The zero-order valence-corrected chi connectivity index (χ0v) is 15.0. The SMILES string of the molecule is Cc1nc(C(=O)N2CCC(C(=O)O)CC2)nn1-c1c(Cl)cccc1Cl. The van der Waals surface area contributed by atoms with Crippen molar-refractivity contribution in [2.75, 3.05) is 13.1 Å². The molecule has 1 aliphatic rings. The molecular weight excluding hydrogens is 367 g/mol. The molecule has 1 saturated heterocycles. The summed E-state index contributed by atoms with van der Waals surface area (Å²) in [5, 5.41) is 14.1. The minimum absolute atomic E-state index is 0.0438. The van der Waals surface area contributed by atoms with E-state index in [4.69, 9.17) is 28.3 Å². The van der Waals surface area contributed by atoms with Crippen LogP contribution in [0.4, 0.5) is 0 Å². The van der Waals surface area contributed by atoms with Crippen LogP contribution in [-0.4, -0.2) is 49.7 Å². The van der Waals surface area contributed by atoms with Gasteiger partial charge in [0.25, 0.3) is 5.91 Å². The van der Waals surface area contributed by atoms with E-state index in [2.05, 4.69) is 10.1 Å². The Morgan fingerprint density at radius 1 is 1.20 bits per heavy atom. The number of carbonyl (C=O) groups is 2. The number of amides is 1. The van der Waals surface area contributed by atoms with Crippen molar-refractivity contribution in [2.45, 2.75) is 19.8 Å². The summed E-state index contributed by atoms with van der Waals surface area (Å²) in [4.78, 5) is 29.4. The predicted molar refractivity (Wildman–Crippen MR) is 92.4 cm³/mol. The van der Waals surface area contributed by atoms with Gasteiger partial charge in [0.05, 0.1) is 16.0 Å². The molecule has 1 amide bonds. The van der Waals surface area contributed by atoms with Gasteiger partial charge in [0, 0.05) is 13.1 Å². The van der Waals surface area contributed by atoms with Crippen LogP contribution >= 0.6 is 23.2 Å². The number of carboxylic acids is 1. The summed E-state index contributed by atoms with van der Waals surface area (Å²) in [6, 6.07) is 5.09. The zero-order valence-electron chi connectivity index (χ0n) is 13.4. The highest BCUT2D eigenvalue weighted by Crippen LogP contribution is 2.28. The van der Waals surface area contributed by atoms with Crippen LogP contribution in [0.25, 0.3) is 5.69 Å². The Morgan fingerprint density at radius 3 is 2.36 bits per heavy atom. The van der Waals surface area contributed by atoms with Crippen molar-refractivity contribution in [3.8, 4) is 5.69 Å². The lowest BCUT2D eigenvalue weighted by molar-refractivity contribution is -0.143. The molecule has 2 heterocycles. The molecule has 132 valence electrons. The second-order valence-corrected chi connectivity index (χ2v) is 6.68. The van der Waals surface area contributed by atoms with Crippen LogP contribution in [0.15, 0.2) is 18.2 Å². The summed E-state index contributed by atoms with van der Waals surface area (Å²) >= 11 is 12.4. The van der Waals surface area contributed by atoms with Crippen LogP contribution < -0.4 is 0 Å². The van der Waals surface area contributed by atoms with Crippen molar-refractivity contribution in [3.63, 3.8) is 0 Å². The quantitative estimate of drug-likeness (QED) is 0.881. The minimum atomic E-state index is -0.821. The fourth-order valence-electron chi connectivity index (χ4n) is 2.85. The number of para-hydroxylation sites is 1. The molecule has 25 heavy (non-hydrogen) atoms. The molecule has 0 atom stereocenters. The number of benzene rings is 1. The standard InChI is InChI=1S/C16H16Cl2N4O3/c1-9-19-14(15(23)21-7-5-10(6-8-21)16(24)25)20-22(9)13-11(17)3-2-4-12(13)18/h2-4,10H,5-8H2,1H3,(H,24,25). The van der Waals surface area contributed by atoms with Gasteiger partial charge < -0.3 is 10.0 Å². The summed E-state index contributed by atoms with van der Waals surface area (Å²) in [5.41, 5.74) is 0.472. The van der Waals surface area contributed by atoms with Crippen molar-refractivity contribution >= 4 is 35.1 Å². The van der Waals surface area contributed by atoms with Gasteiger partial charge >= 0.3 is 5.97 Å². The monoisotopic (exact) mass is 382 g/mol. The molecule has 0 bridgehead atoms. The van der Waals surface area contributed by atoms with E-state index < -0.39 is 11.9 Å². The van der Waals surface area contributed by atoms with E-state index in [1.165, 1.54) is 4.68 Å². The molecule has 0 saturated carbocycles. The molecule has 0 radical (unpaired) electrons. The normalized spacial score (nSPS) is 15.4. The Morgan fingerprint density at radius 2 is 1.80 bits per heavy atom. The van der Waals surface area contributed by atoms with Gasteiger partial charge in [0.2, 0.25) is 5.82 Å². The van der Waals surface area contributed by atoms with Crippen molar-refractivity contribution in [1.29, 1.82) is 0 Å².